The molecule has 0 fully saturated rings. The van der Waals surface area contributed by atoms with Gasteiger partial charge in [0.1, 0.15) is 4.83 Å². The first-order valence-electron chi connectivity index (χ1n) is 9.46. The monoisotopic (exact) mass is 283 g/mol. The van der Waals surface area contributed by atoms with Crippen LogP contribution in [0.2, 0.25) is 0 Å². The van der Waals surface area contributed by atoms with Crippen LogP contribution >= 0.6 is 11.3 Å². The highest BCUT2D eigenvalue weighted by Crippen LogP contribution is 2.38. The van der Waals surface area contributed by atoms with Crippen molar-refractivity contribution in [1.82, 2.24) is 9.97 Å². The fourth-order valence-electron chi connectivity index (χ4n) is 2.22. The average Bonchev–Trinajstić information content (AvgIpc) is 3.00. The molecule has 0 saturated carbocycles. The molecule has 0 N–H and O–H groups in total. The zero-order chi connectivity index (χ0) is 19.5. The fraction of sp³-hybridized carbons (Fsp3) is 0.0588. The summed E-state index contributed by atoms with van der Waals surface area (Å²) in [4.78, 5) is 8.89. The fourth-order valence-corrected chi connectivity index (χ4v) is 3.41. The van der Waals surface area contributed by atoms with Crippen molar-refractivity contribution in [2.75, 3.05) is 0 Å². The van der Waals surface area contributed by atoms with E-state index in [0.717, 1.165) is 15.5 Å². The quantitative estimate of drug-likeness (QED) is 0.500. The zero-order valence-electron chi connectivity index (χ0n) is 17.2. The Morgan fingerprint density at radius 1 is 1.15 bits per heavy atom. The van der Waals surface area contributed by atoms with E-state index in [4.69, 9.17) is 9.60 Å². The Morgan fingerprint density at radius 3 is 3.10 bits per heavy atom. The van der Waals surface area contributed by atoms with Crippen LogP contribution in [-0.4, -0.2) is 9.97 Å². The summed E-state index contributed by atoms with van der Waals surface area (Å²) in [6.07, 6.45) is -0.355. The molecule has 1 aromatic carbocycles. The molecule has 0 aliphatic carbocycles. The van der Waals surface area contributed by atoms with Crippen LogP contribution < -0.4 is 0 Å². The Bertz CT molecular complexity index is 1210. The number of hydrogen-bond donors (Lipinski definition) is 0. The summed E-state index contributed by atoms with van der Waals surface area (Å²) >= 11 is 1.28. The Hall–Kier alpha value is -2.26. The van der Waals surface area contributed by atoms with E-state index in [0.29, 0.717) is 10.4 Å². The first kappa shape index (κ1) is 6.46. The molecular formula is C17H12N2S. The lowest BCUT2D eigenvalue weighted by Crippen LogP contribution is -1.81. The summed E-state index contributed by atoms with van der Waals surface area (Å²) in [7, 11) is 0. The van der Waals surface area contributed by atoms with Gasteiger partial charge in [-0.3, -0.25) is 4.98 Å². The minimum Gasteiger partial charge on any atom is -0.256 e. The van der Waals surface area contributed by atoms with Crippen LogP contribution in [0.1, 0.15) is 15.3 Å². The number of hydrogen-bond acceptors (Lipinski definition) is 3. The number of nitrogens with zero attached hydrogens (tertiary/aromatic N) is 2. The predicted octanol–water partition coefficient (Wildman–Crippen LogP) is 4.82. The third kappa shape index (κ3) is 1.71. The predicted molar refractivity (Wildman–Crippen MR) is 85.1 cm³/mol. The summed E-state index contributed by atoms with van der Waals surface area (Å²) < 4.78 is 54.8. The van der Waals surface area contributed by atoms with Gasteiger partial charge in [-0.15, -0.1) is 11.3 Å². The number of thiophene rings is 1. The first-order valence-corrected chi connectivity index (χ1v) is 6.77. The Labute approximate surface area is 130 Å². The van der Waals surface area contributed by atoms with Crippen molar-refractivity contribution in [3.63, 3.8) is 0 Å². The van der Waals surface area contributed by atoms with Gasteiger partial charge >= 0.3 is 0 Å². The van der Waals surface area contributed by atoms with Gasteiger partial charge in [-0.25, -0.2) is 4.98 Å². The number of aromatic nitrogens is 2. The number of aryl methyl sites for hydroxylation is 1. The number of benzene rings is 1. The Kier molecular flexibility index (Phi) is 1.42. The van der Waals surface area contributed by atoms with Gasteiger partial charge in [0.15, 0.2) is 0 Å². The molecule has 0 unspecified atom stereocenters. The third-order valence-electron chi connectivity index (χ3n) is 3.09. The van der Waals surface area contributed by atoms with Crippen molar-refractivity contribution in [3.05, 3.63) is 60.3 Å². The molecule has 0 amide bonds. The van der Waals surface area contributed by atoms with Gasteiger partial charge in [0.2, 0.25) is 0 Å². The maximum atomic E-state index is 8.16. The van der Waals surface area contributed by atoms with Crippen LogP contribution in [0.15, 0.2) is 54.6 Å². The lowest BCUT2D eigenvalue weighted by molar-refractivity contribution is 1.27. The maximum Gasteiger partial charge on any atom is 0.124 e. The molecule has 0 saturated heterocycles. The van der Waals surface area contributed by atoms with Crippen molar-refractivity contribution in [1.29, 1.82) is 0 Å². The summed E-state index contributed by atoms with van der Waals surface area (Å²) in [5.41, 5.74) is 0.745. The largest absolute Gasteiger partial charge is 0.256 e. The van der Waals surface area contributed by atoms with Gasteiger partial charge in [0.25, 0.3) is 0 Å². The summed E-state index contributed by atoms with van der Waals surface area (Å²) in [6.45, 7) is -2.30. The molecule has 4 aromatic rings. The van der Waals surface area contributed by atoms with Crippen LogP contribution in [-0.2, 0) is 0 Å². The summed E-state index contributed by atoms with van der Waals surface area (Å²) in [5.74, 6) is 0. The second-order valence-corrected chi connectivity index (χ2v) is 5.28. The lowest BCUT2D eigenvalue weighted by Gasteiger charge is -2.01. The van der Waals surface area contributed by atoms with Crippen LogP contribution in [0.25, 0.3) is 31.6 Å². The molecule has 0 bridgehead atoms. The van der Waals surface area contributed by atoms with Gasteiger partial charge in [0.05, 0.1) is 11.2 Å². The number of pyridine rings is 2. The summed E-state index contributed by atoms with van der Waals surface area (Å²) in [5, 5.41) is 1.64. The normalized spacial score (nSPS) is 16.9. The van der Waals surface area contributed by atoms with E-state index >= 15 is 0 Å². The highest BCUT2D eigenvalue weighted by atomic mass is 32.1. The number of fused-ring (bicyclic) bond motifs is 3. The molecule has 2 nitrogen and oxygen atoms in total. The van der Waals surface area contributed by atoms with Gasteiger partial charge in [-0.1, -0.05) is 24.2 Å². The van der Waals surface area contributed by atoms with E-state index in [9.17, 15) is 0 Å². The molecule has 0 aliphatic heterocycles. The first-order chi connectivity index (χ1) is 12.7. The smallest absolute Gasteiger partial charge is 0.124 e. The zero-order valence-corrected chi connectivity index (χ0v) is 11.0. The highest BCUT2D eigenvalue weighted by Gasteiger charge is 2.11. The molecule has 0 spiro atoms. The van der Waals surface area contributed by atoms with E-state index in [1.54, 1.807) is 18.2 Å². The van der Waals surface area contributed by atoms with Crippen molar-refractivity contribution < 1.29 is 9.60 Å². The van der Waals surface area contributed by atoms with Gasteiger partial charge in [-0.2, -0.15) is 0 Å². The molecule has 3 aromatic heterocycles. The topological polar surface area (TPSA) is 25.8 Å². The van der Waals surface area contributed by atoms with E-state index in [-0.39, 0.29) is 35.7 Å². The molecule has 0 aliphatic rings. The molecular weight excluding hydrogens is 264 g/mol. The maximum absolute atomic E-state index is 8.16. The molecule has 0 atom stereocenters. The molecule has 0 radical (unpaired) electrons. The number of rotatable bonds is 1. The van der Waals surface area contributed by atoms with Gasteiger partial charge in [0, 0.05) is 37.0 Å². The van der Waals surface area contributed by atoms with Gasteiger partial charge < -0.3 is 0 Å². The van der Waals surface area contributed by atoms with Crippen LogP contribution in [0.3, 0.4) is 0 Å². The molecule has 96 valence electrons. The van der Waals surface area contributed by atoms with Crippen LogP contribution in [0.4, 0.5) is 0 Å². The molecule has 20 heavy (non-hydrogen) atoms. The van der Waals surface area contributed by atoms with Crippen molar-refractivity contribution >= 4 is 31.6 Å². The standard InChI is InChI=1S/C17H12N2S/c1-11-8-9-13-12-5-4-6-14(15-7-2-3-10-18-15)16(12)20-17(13)19-11/h2-10H,1H3/i1D3,2D,3D,7D,10D. The van der Waals surface area contributed by atoms with Gasteiger partial charge in [-0.05, 0) is 31.1 Å². The Morgan fingerprint density at radius 2 is 2.15 bits per heavy atom. The van der Waals surface area contributed by atoms with E-state index in [1.807, 2.05) is 6.07 Å². The second kappa shape index (κ2) is 4.39. The molecule has 3 heterocycles. The SMILES string of the molecule is [2H]c1nc(-c2cccc3c2sc2nc(C([2H])([2H])[2H])ccc23)c([2H])c([2H])c1[2H]. The van der Waals surface area contributed by atoms with E-state index in [2.05, 4.69) is 9.97 Å². The Balaban J connectivity index is 2.04. The molecule has 4 rings (SSSR count). The van der Waals surface area contributed by atoms with E-state index < -0.39 is 6.85 Å². The highest BCUT2D eigenvalue weighted by molar-refractivity contribution is 7.26. The average molecular weight is 283 g/mol. The second-order valence-electron chi connectivity index (χ2n) is 4.28. The minimum absolute atomic E-state index is 0.0165. The van der Waals surface area contributed by atoms with Crippen LogP contribution in [0, 0.1) is 6.85 Å². The third-order valence-corrected chi connectivity index (χ3v) is 4.23. The van der Waals surface area contributed by atoms with Crippen molar-refractivity contribution in [2.24, 2.45) is 0 Å². The molecule has 3 heteroatoms. The van der Waals surface area contributed by atoms with Crippen molar-refractivity contribution in [2.45, 2.75) is 6.85 Å². The van der Waals surface area contributed by atoms with E-state index in [1.165, 1.54) is 17.4 Å². The summed E-state index contributed by atoms with van der Waals surface area (Å²) in [6, 6.07) is 7.68. The van der Waals surface area contributed by atoms with Crippen molar-refractivity contribution in [3.8, 4) is 11.3 Å². The lowest BCUT2D eigenvalue weighted by atomic mass is 10.1. The minimum atomic E-state index is -2.30. The van der Waals surface area contributed by atoms with Crippen LogP contribution in [0.5, 0.6) is 0 Å².